The van der Waals surface area contributed by atoms with E-state index in [0.29, 0.717) is 18.6 Å². The lowest BCUT2D eigenvalue weighted by molar-refractivity contribution is 0.111. The fraction of sp³-hybridized carbons (Fsp3) is 0.500. The van der Waals surface area contributed by atoms with Gasteiger partial charge in [-0.3, -0.25) is 9.69 Å². The van der Waals surface area contributed by atoms with Crippen LogP contribution in [-0.4, -0.2) is 62.5 Å². The van der Waals surface area contributed by atoms with Gasteiger partial charge in [0.2, 0.25) is 0 Å². The maximum absolute atomic E-state index is 13.0. The van der Waals surface area contributed by atoms with E-state index in [1.54, 1.807) is 0 Å². The lowest BCUT2D eigenvalue weighted by Gasteiger charge is -2.32. The second kappa shape index (κ2) is 6.63. The number of piperazine rings is 1. The standard InChI is InChI=1S/C14H19FN2O2/c1-16-4-6-17(7-5-16)8-9-19-14-3-2-13(15)10-12(14)11-18/h2-3,10-11H,4-9H2,1H3. The van der Waals surface area contributed by atoms with Crippen LogP contribution in [0.2, 0.25) is 0 Å². The summed E-state index contributed by atoms with van der Waals surface area (Å²) in [6.07, 6.45) is 0.619. The Bertz CT molecular complexity index is 431. The quantitative estimate of drug-likeness (QED) is 0.751. The van der Waals surface area contributed by atoms with Crippen molar-refractivity contribution in [3.05, 3.63) is 29.6 Å². The molecule has 0 atom stereocenters. The summed E-state index contributed by atoms with van der Waals surface area (Å²) >= 11 is 0. The fourth-order valence-corrected chi connectivity index (χ4v) is 2.10. The molecule has 1 aromatic rings. The maximum atomic E-state index is 13.0. The minimum absolute atomic E-state index is 0.262. The third kappa shape index (κ3) is 4.01. The number of hydrogen-bond donors (Lipinski definition) is 0. The highest BCUT2D eigenvalue weighted by Crippen LogP contribution is 2.17. The van der Waals surface area contributed by atoms with Crippen molar-refractivity contribution in [1.29, 1.82) is 0 Å². The number of carbonyl (C=O) groups excluding carboxylic acids is 1. The molecule has 1 aromatic carbocycles. The summed E-state index contributed by atoms with van der Waals surface area (Å²) in [5.41, 5.74) is 0.262. The summed E-state index contributed by atoms with van der Waals surface area (Å²) in [6.45, 7) is 5.53. The van der Waals surface area contributed by atoms with Gasteiger partial charge < -0.3 is 9.64 Å². The smallest absolute Gasteiger partial charge is 0.153 e. The van der Waals surface area contributed by atoms with Gasteiger partial charge in [-0.2, -0.15) is 0 Å². The molecule has 0 amide bonds. The molecule has 0 N–H and O–H groups in total. The van der Waals surface area contributed by atoms with Crippen molar-refractivity contribution in [3.63, 3.8) is 0 Å². The summed E-state index contributed by atoms with van der Waals surface area (Å²) < 4.78 is 18.5. The van der Waals surface area contributed by atoms with Crippen LogP contribution in [0.5, 0.6) is 5.75 Å². The summed E-state index contributed by atoms with van der Waals surface area (Å²) in [6, 6.07) is 4.00. The predicted molar refractivity (Wildman–Crippen MR) is 71.2 cm³/mol. The van der Waals surface area contributed by atoms with Crippen molar-refractivity contribution in [1.82, 2.24) is 9.80 Å². The number of benzene rings is 1. The first-order valence-electron chi connectivity index (χ1n) is 6.47. The lowest BCUT2D eigenvalue weighted by atomic mass is 10.2. The first-order valence-corrected chi connectivity index (χ1v) is 6.47. The van der Waals surface area contributed by atoms with Crippen LogP contribution in [0.25, 0.3) is 0 Å². The molecule has 5 heteroatoms. The van der Waals surface area contributed by atoms with E-state index in [9.17, 15) is 9.18 Å². The topological polar surface area (TPSA) is 32.8 Å². The van der Waals surface area contributed by atoms with Crippen LogP contribution in [0, 0.1) is 5.82 Å². The molecule has 104 valence electrons. The average Bonchev–Trinajstić information content (AvgIpc) is 2.42. The van der Waals surface area contributed by atoms with Crippen LogP contribution >= 0.6 is 0 Å². The van der Waals surface area contributed by atoms with E-state index in [1.165, 1.54) is 18.2 Å². The van der Waals surface area contributed by atoms with Gasteiger partial charge in [-0.1, -0.05) is 0 Å². The molecule has 4 nitrogen and oxygen atoms in total. The molecule has 1 aliphatic rings. The molecule has 0 bridgehead atoms. The van der Waals surface area contributed by atoms with Crippen molar-refractivity contribution in [2.45, 2.75) is 0 Å². The van der Waals surface area contributed by atoms with Crippen molar-refractivity contribution in [2.24, 2.45) is 0 Å². The summed E-state index contributed by atoms with van der Waals surface area (Å²) in [7, 11) is 2.11. The molecule has 1 fully saturated rings. The monoisotopic (exact) mass is 266 g/mol. The van der Waals surface area contributed by atoms with Crippen LogP contribution in [0.1, 0.15) is 10.4 Å². The Morgan fingerprint density at radius 2 is 2.05 bits per heavy atom. The number of rotatable bonds is 5. The van der Waals surface area contributed by atoms with Gasteiger partial charge in [0.05, 0.1) is 5.56 Å². The highest BCUT2D eigenvalue weighted by Gasteiger charge is 2.13. The lowest BCUT2D eigenvalue weighted by Crippen LogP contribution is -2.45. The number of hydrogen-bond acceptors (Lipinski definition) is 4. The highest BCUT2D eigenvalue weighted by molar-refractivity contribution is 5.79. The molecule has 0 spiro atoms. The Labute approximate surface area is 112 Å². The molecule has 0 aromatic heterocycles. The molecule has 1 saturated heterocycles. The third-order valence-corrected chi connectivity index (χ3v) is 3.36. The Kier molecular flexibility index (Phi) is 4.87. The molecule has 0 unspecified atom stereocenters. The number of halogens is 1. The second-order valence-corrected chi connectivity index (χ2v) is 4.79. The third-order valence-electron chi connectivity index (χ3n) is 3.36. The molecular formula is C14H19FN2O2. The summed E-state index contributed by atoms with van der Waals surface area (Å²) in [5.74, 6) is 0.0269. The normalized spacial score (nSPS) is 17.4. The van der Waals surface area contributed by atoms with E-state index in [-0.39, 0.29) is 5.56 Å². The number of carbonyl (C=O) groups is 1. The SMILES string of the molecule is CN1CCN(CCOc2ccc(F)cc2C=O)CC1. The molecule has 0 aliphatic carbocycles. The number of ether oxygens (including phenoxy) is 1. The average molecular weight is 266 g/mol. The fourth-order valence-electron chi connectivity index (χ4n) is 2.10. The van der Waals surface area contributed by atoms with Gasteiger partial charge in [-0.25, -0.2) is 4.39 Å². The van der Waals surface area contributed by atoms with Gasteiger partial charge in [-0.05, 0) is 25.2 Å². The van der Waals surface area contributed by atoms with Gasteiger partial charge in [-0.15, -0.1) is 0 Å². The van der Waals surface area contributed by atoms with Gasteiger partial charge in [0.1, 0.15) is 18.2 Å². The Hall–Kier alpha value is -1.46. The molecule has 0 saturated carbocycles. The highest BCUT2D eigenvalue weighted by atomic mass is 19.1. The maximum Gasteiger partial charge on any atom is 0.153 e. The minimum atomic E-state index is -0.423. The molecule has 0 radical (unpaired) electrons. The Morgan fingerprint density at radius 3 is 2.74 bits per heavy atom. The zero-order valence-corrected chi connectivity index (χ0v) is 11.1. The molecule has 1 aliphatic heterocycles. The van der Waals surface area contributed by atoms with E-state index >= 15 is 0 Å². The number of nitrogens with zero attached hydrogens (tertiary/aromatic N) is 2. The largest absolute Gasteiger partial charge is 0.492 e. The van der Waals surface area contributed by atoms with Crippen LogP contribution in [-0.2, 0) is 0 Å². The van der Waals surface area contributed by atoms with E-state index < -0.39 is 5.82 Å². The van der Waals surface area contributed by atoms with Gasteiger partial charge in [0, 0.05) is 32.7 Å². The van der Waals surface area contributed by atoms with Crippen LogP contribution < -0.4 is 4.74 Å². The summed E-state index contributed by atoms with van der Waals surface area (Å²) in [4.78, 5) is 15.4. The second-order valence-electron chi connectivity index (χ2n) is 4.79. The zero-order valence-electron chi connectivity index (χ0n) is 11.1. The van der Waals surface area contributed by atoms with E-state index in [1.807, 2.05) is 0 Å². The zero-order chi connectivity index (χ0) is 13.7. The van der Waals surface area contributed by atoms with Crippen molar-refractivity contribution >= 4 is 6.29 Å². The summed E-state index contributed by atoms with van der Waals surface area (Å²) in [5, 5.41) is 0. The molecule has 2 rings (SSSR count). The van der Waals surface area contributed by atoms with E-state index in [0.717, 1.165) is 32.7 Å². The first-order chi connectivity index (χ1) is 9.19. The predicted octanol–water partition coefficient (Wildman–Crippen LogP) is 1.26. The van der Waals surface area contributed by atoms with Crippen molar-refractivity contribution in [2.75, 3.05) is 46.4 Å². The van der Waals surface area contributed by atoms with E-state index in [2.05, 4.69) is 16.8 Å². The Balaban J connectivity index is 1.81. The number of aldehydes is 1. The van der Waals surface area contributed by atoms with Crippen molar-refractivity contribution in [3.8, 4) is 5.75 Å². The van der Waals surface area contributed by atoms with E-state index in [4.69, 9.17) is 4.74 Å². The van der Waals surface area contributed by atoms with Gasteiger partial charge in [0.25, 0.3) is 0 Å². The molecule has 1 heterocycles. The van der Waals surface area contributed by atoms with Crippen LogP contribution in [0.3, 0.4) is 0 Å². The number of likely N-dealkylation sites (N-methyl/N-ethyl adjacent to an activating group) is 1. The Morgan fingerprint density at radius 1 is 1.32 bits per heavy atom. The van der Waals surface area contributed by atoms with Gasteiger partial charge in [0.15, 0.2) is 6.29 Å². The van der Waals surface area contributed by atoms with Crippen LogP contribution in [0.15, 0.2) is 18.2 Å². The van der Waals surface area contributed by atoms with Crippen LogP contribution in [0.4, 0.5) is 4.39 Å². The minimum Gasteiger partial charge on any atom is -0.492 e. The molecular weight excluding hydrogens is 247 g/mol. The van der Waals surface area contributed by atoms with Crippen molar-refractivity contribution < 1.29 is 13.9 Å². The van der Waals surface area contributed by atoms with Gasteiger partial charge >= 0.3 is 0 Å². The first kappa shape index (κ1) is 14.0. The molecule has 19 heavy (non-hydrogen) atoms.